The Bertz CT molecular complexity index is 228. The summed E-state index contributed by atoms with van der Waals surface area (Å²) in [6.07, 6.45) is 2.26. The van der Waals surface area contributed by atoms with E-state index in [1.165, 1.54) is 0 Å². The van der Waals surface area contributed by atoms with Crippen molar-refractivity contribution in [3.8, 4) is 0 Å². The molecule has 60 valence electrons. The predicted octanol–water partition coefficient (Wildman–Crippen LogP) is 0.507. The van der Waals surface area contributed by atoms with Crippen LogP contribution in [0.25, 0.3) is 0 Å². The predicted molar refractivity (Wildman–Crippen MR) is 44.2 cm³/mol. The van der Waals surface area contributed by atoms with E-state index in [1.54, 1.807) is 6.20 Å². The minimum absolute atomic E-state index is 0.122. The average molecular weight is 152 g/mol. The number of nitrogens with two attached hydrogens (primary N) is 1. The molecule has 0 fully saturated rings. The molecule has 0 bridgehead atoms. The van der Waals surface area contributed by atoms with Crippen molar-refractivity contribution in [2.24, 2.45) is 0 Å². The van der Waals surface area contributed by atoms with Gasteiger partial charge in [0.15, 0.2) is 0 Å². The molecule has 1 aromatic heterocycles. The van der Waals surface area contributed by atoms with Gasteiger partial charge in [0.25, 0.3) is 0 Å². The van der Waals surface area contributed by atoms with Crippen LogP contribution in [0.1, 0.15) is 11.1 Å². The van der Waals surface area contributed by atoms with Crippen LogP contribution in [-0.2, 0) is 6.42 Å². The van der Waals surface area contributed by atoms with Crippen molar-refractivity contribution in [3.05, 3.63) is 23.4 Å². The molecule has 0 spiro atoms. The molecule has 1 aromatic rings. The zero-order valence-electron chi connectivity index (χ0n) is 6.54. The molecule has 1 rings (SSSR count). The van der Waals surface area contributed by atoms with Gasteiger partial charge in [0, 0.05) is 12.8 Å². The second-order valence-electron chi connectivity index (χ2n) is 2.47. The van der Waals surface area contributed by atoms with E-state index in [1.807, 2.05) is 13.0 Å². The second kappa shape index (κ2) is 3.34. The standard InChI is InChI=1S/C8H12N2O/c1-6-2-4-10-8(9)7(6)3-5-11/h2,4,11H,3,5H2,1H3,(H2,9,10). The van der Waals surface area contributed by atoms with E-state index in [-0.39, 0.29) is 6.61 Å². The Kier molecular flexibility index (Phi) is 2.44. The lowest BCUT2D eigenvalue weighted by atomic mass is 10.1. The van der Waals surface area contributed by atoms with Gasteiger partial charge in [0.05, 0.1) is 0 Å². The average Bonchev–Trinajstić information content (AvgIpc) is 1.97. The highest BCUT2D eigenvalue weighted by Crippen LogP contribution is 2.12. The van der Waals surface area contributed by atoms with Crippen LogP contribution in [0.3, 0.4) is 0 Å². The van der Waals surface area contributed by atoms with Crippen LogP contribution in [0, 0.1) is 6.92 Å². The Balaban J connectivity index is 3.00. The molecule has 0 aliphatic heterocycles. The number of aryl methyl sites for hydroxylation is 1. The molecular formula is C8H12N2O. The number of rotatable bonds is 2. The van der Waals surface area contributed by atoms with Crippen molar-refractivity contribution in [2.45, 2.75) is 13.3 Å². The maximum Gasteiger partial charge on any atom is 0.126 e. The van der Waals surface area contributed by atoms with Crippen LogP contribution >= 0.6 is 0 Å². The quantitative estimate of drug-likeness (QED) is 0.649. The van der Waals surface area contributed by atoms with Gasteiger partial charge in [-0.05, 0) is 30.5 Å². The molecule has 0 atom stereocenters. The van der Waals surface area contributed by atoms with Gasteiger partial charge in [-0.3, -0.25) is 0 Å². The Labute approximate surface area is 65.9 Å². The minimum atomic E-state index is 0.122. The number of hydrogen-bond donors (Lipinski definition) is 2. The molecular weight excluding hydrogens is 140 g/mol. The highest BCUT2D eigenvalue weighted by Gasteiger charge is 2.01. The first-order valence-electron chi connectivity index (χ1n) is 3.56. The summed E-state index contributed by atoms with van der Waals surface area (Å²) in [4.78, 5) is 3.93. The Morgan fingerprint density at radius 1 is 1.64 bits per heavy atom. The molecule has 1 heterocycles. The van der Waals surface area contributed by atoms with Gasteiger partial charge in [-0.15, -0.1) is 0 Å². The summed E-state index contributed by atoms with van der Waals surface area (Å²) in [5.74, 6) is 0.527. The third-order valence-corrected chi connectivity index (χ3v) is 1.69. The maximum atomic E-state index is 8.69. The van der Waals surface area contributed by atoms with Crippen LogP contribution in [0.2, 0.25) is 0 Å². The number of nitrogens with zero attached hydrogens (tertiary/aromatic N) is 1. The van der Waals surface area contributed by atoms with Gasteiger partial charge < -0.3 is 10.8 Å². The van der Waals surface area contributed by atoms with Crippen LogP contribution in [-0.4, -0.2) is 16.7 Å². The van der Waals surface area contributed by atoms with E-state index in [2.05, 4.69) is 4.98 Å². The number of anilines is 1. The Morgan fingerprint density at radius 2 is 2.36 bits per heavy atom. The van der Waals surface area contributed by atoms with Gasteiger partial charge in [-0.1, -0.05) is 0 Å². The van der Waals surface area contributed by atoms with Crippen molar-refractivity contribution in [1.82, 2.24) is 4.98 Å². The minimum Gasteiger partial charge on any atom is -0.396 e. The molecule has 0 aromatic carbocycles. The van der Waals surface area contributed by atoms with Crippen molar-refractivity contribution < 1.29 is 5.11 Å². The smallest absolute Gasteiger partial charge is 0.126 e. The van der Waals surface area contributed by atoms with Crippen LogP contribution < -0.4 is 5.73 Å². The normalized spacial score (nSPS) is 10.0. The fraction of sp³-hybridized carbons (Fsp3) is 0.375. The summed E-state index contributed by atoms with van der Waals surface area (Å²) in [5.41, 5.74) is 7.63. The fourth-order valence-corrected chi connectivity index (χ4v) is 1.05. The second-order valence-corrected chi connectivity index (χ2v) is 2.47. The van der Waals surface area contributed by atoms with Gasteiger partial charge in [-0.2, -0.15) is 0 Å². The van der Waals surface area contributed by atoms with Crippen molar-refractivity contribution in [2.75, 3.05) is 12.3 Å². The molecule has 0 aliphatic rings. The molecule has 0 unspecified atom stereocenters. The summed E-state index contributed by atoms with van der Waals surface area (Å²) >= 11 is 0. The number of nitrogen functional groups attached to an aromatic ring is 1. The number of aromatic nitrogens is 1. The van der Waals surface area contributed by atoms with E-state index >= 15 is 0 Å². The molecule has 0 aliphatic carbocycles. The molecule has 3 N–H and O–H groups in total. The first kappa shape index (κ1) is 8.01. The topological polar surface area (TPSA) is 59.1 Å². The van der Waals surface area contributed by atoms with E-state index in [0.29, 0.717) is 12.2 Å². The zero-order chi connectivity index (χ0) is 8.27. The summed E-state index contributed by atoms with van der Waals surface area (Å²) < 4.78 is 0. The van der Waals surface area contributed by atoms with E-state index in [9.17, 15) is 0 Å². The van der Waals surface area contributed by atoms with Gasteiger partial charge in [0.1, 0.15) is 5.82 Å². The molecule has 0 saturated heterocycles. The lowest BCUT2D eigenvalue weighted by molar-refractivity contribution is 0.299. The molecule has 3 heteroatoms. The number of aliphatic hydroxyl groups excluding tert-OH is 1. The van der Waals surface area contributed by atoms with Crippen molar-refractivity contribution >= 4 is 5.82 Å². The van der Waals surface area contributed by atoms with Crippen LogP contribution in [0.5, 0.6) is 0 Å². The highest BCUT2D eigenvalue weighted by atomic mass is 16.2. The molecule has 3 nitrogen and oxygen atoms in total. The third kappa shape index (κ3) is 1.68. The van der Waals surface area contributed by atoms with Crippen LogP contribution in [0.4, 0.5) is 5.82 Å². The lowest BCUT2D eigenvalue weighted by Gasteiger charge is -2.05. The van der Waals surface area contributed by atoms with E-state index in [0.717, 1.165) is 11.1 Å². The van der Waals surface area contributed by atoms with Gasteiger partial charge >= 0.3 is 0 Å². The molecule has 0 amide bonds. The number of pyridine rings is 1. The van der Waals surface area contributed by atoms with Crippen molar-refractivity contribution in [3.63, 3.8) is 0 Å². The van der Waals surface area contributed by atoms with Crippen molar-refractivity contribution in [1.29, 1.82) is 0 Å². The Hall–Kier alpha value is -1.09. The SMILES string of the molecule is Cc1ccnc(N)c1CCO. The summed E-state index contributed by atoms with van der Waals surface area (Å²) in [6, 6.07) is 1.89. The zero-order valence-corrected chi connectivity index (χ0v) is 6.54. The summed E-state index contributed by atoms with van der Waals surface area (Å²) in [5, 5.41) is 8.69. The molecule has 0 saturated carbocycles. The molecule has 0 radical (unpaired) electrons. The fourth-order valence-electron chi connectivity index (χ4n) is 1.05. The van der Waals surface area contributed by atoms with E-state index in [4.69, 9.17) is 10.8 Å². The van der Waals surface area contributed by atoms with Crippen LogP contribution in [0.15, 0.2) is 12.3 Å². The Morgan fingerprint density at radius 3 is 2.91 bits per heavy atom. The summed E-state index contributed by atoms with van der Waals surface area (Å²) in [7, 11) is 0. The lowest BCUT2D eigenvalue weighted by Crippen LogP contribution is -2.02. The number of aliphatic hydroxyl groups is 1. The molecule has 11 heavy (non-hydrogen) atoms. The first-order chi connectivity index (χ1) is 5.25. The largest absolute Gasteiger partial charge is 0.396 e. The third-order valence-electron chi connectivity index (χ3n) is 1.69. The monoisotopic (exact) mass is 152 g/mol. The maximum absolute atomic E-state index is 8.69. The first-order valence-corrected chi connectivity index (χ1v) is 3.56. The highest BCUT2D eigenvalue weighted by molar-refractivity contribution is 5.43. The summed E-state index contributed by atoms with van der Waals surface area (Å²) in [6.45, 7) is 2.08. The van der Waals surface area contributed by atoms with E-state index < -0.39 is 0 Å². The van der Waals surface area contributed by atoms with Gasteiger partial charge in [-0.25, -0.2) is 4.98 Å². The number of hydrogen-bond acceptors (Lipinski definition) is 3. The van der Waals surface area contributed by atoms with Gasteiger partial charge in [0.2, 0.25) is 0 Å².